The van der Waals surface area contributed by atoms with E-state index in [1.807, 2.05) is 0 Å². The molecule has 0 N–H and O–H groups in total. The molecule has 0 amide bonds. The zero-order valence-electron chi connectivity index (χ0n) is 17.3. The standard InChI is InChI=1S/C12H13.3C4H9.Sn/c1-2-3-4-6-9-12-10-7-5-8-11-12;3*1-3-4-2;/h5,7-8,10H,2-4H2,1H3;3*1,3-4H2,2H3;. The van der Waals surface area contributed by atoms with E-state index < -0.39 is 18.4 Å². The topological polar surface area (TPSA) is 0 Å². The normalized spacial score (nSPS) is 11.2. The van der Waals surface area contributed by atoms with E-state index in [9.17, 15) is 0 Å². The minimum absolute atomic E-state index is 1.05. The van der Waals surface area contributed by atoms with Crippen LogP contribution in [0.1, 0.15) is 91.0 Å². The molecular weight excluding hydrogens is 407 g/mol. The van der Waals surface area contributed by atoms with Gasteiger partial charge in [-0.2, -0.15) is 0 Å². The molecule has 0 fully saturated rings. The zero-order chi connectivity index (χ0) is 18.4. The number of benzene rings is 1. The van der Waals surface area contributed by atoms with Crippen LogP contribution in [-0.2, 0) is 0 Å². The summed E-state index contributed by atoms with van der Waals surface area (Å²) in [5.74, 6) is 7.05. The first-order valence-electron chi connectivity index (χ1n) is 10.8. The molecule has 0 heterocycles. The van der Waals surface area contributed by atoms with Gasteiger partial charge in [0.05, 0.1) is 0 Å². The van der Waals surface area contributed by atoms with Crippen LogP contribution in [0, 0.1) is 11.8 Å². The van der Waals surface area contributed by atoms with Crippen LogP contribution in [0.5, 0.6) is 0 Å². The van der Waals surface area contributed by atoms with E-state index in [1.54, 1.807) is 3.58 Å². The van der Waals surface area contributed by atoms with E-state index in [1.165, 1.54) is 70.2 Å². The van der Waals surface area contributed by atoms with Crippen molar-refractivity contribution in [2.75, 3.05) is 0 Å². The molecule has 1 aromatic carbocycles. The van der Waals surface area contributed by atoms with E-state index >= 15 is 0 Å². The van der Waals surface area contributed by atoms with Crippen molar-refractivity contribution < 1.29 is 0 Å². The Morgan fingerprint density at radius 2 is 1.24 bits per heavy atom. The molecule has 0 saturated carbocycles. The van der Waals surface area contributed by atoms with Gasteiger partial charge in [0.15, 0.2) is 0 Å². The molecule has 0 nitrogen and oxygen atoms in total. The molecule has 0 aliphatic rings. The molecular formula is C24H40Sn. The molecule has 0 saturated heterocycles. The van der Waals surface area contributed by atoms with E-state index in [2.05, 4.69) is 63.8 Å². The molecule has 0 aromatic heterocycles. The summed E-state index contributed by atoms with van der Waals surface area (Å²) in [6, 6.07) is 9.26. The molecule has 0 spiro atoms. The fourth-order valence-electron chi connectivity index (χ4n) is 3.80. The van der Waals surface area contributed by atoms with Gasteiger partial charge in [0.2, 0.25) is 0 Å². The summed E-state index contributed by atoms with van der Waals surface area (Å²) in [5.41, 5.74) is 1.39. The van der Waals surface area contributed by atoms with E-state index in [0.29, 0.717) is 0 Å². The van der Waals surface area contributed by atoms with Crippen molar-refractivity contribution in [2.24, 2.45) is 0 Å². The summed E-state index contributed by atoms with van der Waals surface area (Å²) >= 11 is -2.36. The van der Waals surface area contributed by atoms with Gasteiger partial charge >= 0.3 is 162 Å². The summed E-state index contributed by atoms with van der Waals surface area (Å²) in [6.45, 7) is 9.31. The molecule has 0 bridgehead atoms. The van der Waals surface area contributed by atoms with Crippen molar-refractivity contribution in [1.29, 1.82) is 0 Å². The number of unbranched alkanes of at least 4 members (excludes halogenated alkanes) is 5. The van der Waals surface area contributed by atoms with Crippen molar-refractivity contribution in [2.45, 2.75) is 98.8 Å². The monoisotopic (exact) mass is 448 g/mol. The van der Waals surface area contributed by atoms with Crippen LogP contribution < -0.4 is 3.58 Å². The number of hydrogen-bond donors (Lipinski definition) is 0. The fourth-order valence-corrected chi connectivity index (χ4v) is 20.4. The molecule has 140 valence electrons. The second kappa shape index (κ2) is 13.7. The summed E-state index contributed by atoms with van der Waals surface area (Å²) < 4.78 is 6.33. The molecule has 0 aliphatic heterocycles. The quantitative estimate of drug-likeness (QED) is 0.179. The second-order valence-corrected chi connectivity index (χ2v) is 20.7. The summed E-state index contributed by atoms with van der Waals surface area (Å²) in [4.78, 5) is 0. The number of hydrogen-bond acceptors (Lipinski definition) is 0. The Morgan fingerprint density at radius 3 is 1.76 bits per heavy atom. The Kier molecular flexibility index (Phi) is 12.4. The van der Waals surface area contributed by atoms with E-state index in [-0.39, 0.29) is 0 Å². The minimum atomic E-state index is -2.36. The maximum atomic E-state index is 3.59. The Bertz CT molecular complexity index is 499. The summed E-state index contributed by atoms with van der Waals surface area (Å²) in [5, 5.41) is 0. The molecule has 25 heavy (non-hydrogen) atoms. The maximum absolute atomic E-state index is 3.59. The third-order valence-electron chi connectivity index (χ3n) is 5.40. The Hall–Kier alpha value is -0.421. The first-order chi connectivity index (χ1) is 12.2. The molecule has 0 radical (unpaired) electrons. The Labute approximate surface area is 162 Å². The van der Waals surface area contributed by atoms with Crippen LogP contribution in [0.15, 0.2) is 24.3 Å². The van der Waals surface area contributed by atoms with Crippen LogP contribution in [0.3, 0.4) is 0 Å². The third-order valence-corrected chi connectivity index (χ3v) is 21.1. The van der Waals surface area contributed by atoms with Gasteiger partial charge in [-0.15, -0.1) is 0 Å². The molecule has 1 aromatic rings. The second-order valence-electron chi connectivity index (χ2n) is 7.54. The van der Waals surface area contributed by atoms with Gasteiger partial charge in [0, 0.05) is 0 Å². The molecule has 0 unspecified atom stereocenters. The Morgan fingerprint density at radius 1 is 0.720 bits per heavy atom. The van der Waals surface area contributed by atoms with Gasteiger partial charge in [-0.1, -0.05) is 0 Å². The van der Waals surface area contributed by atoms with Gasteiger partial charge in [0.25, 0.3) is 0 Å². The van der Waals surface area contributed by atoms with Crippen LogP contribution in [0.4, 0.5) is 0 Å². The van der Waals surface area contributed by atoms with Crippen molar-refractivity contribution >= 4 is 22.0 Å². The van der Waals surface area contributed by atoms with Crippen molar-refractivity contribution in [3.05, 3.63) is 29.8 Å². The van der Waals surface area contributed by atoms with Gasteiger partial charge in [-0.25, -0.2) is 0 Å². The molecule has 1 heteroatoms. The van der Waals surface area contributed by atoms with Gasteiger partial charge < -0.3 is 0 Å². The van der Waals surface area contributed by atoms with Crippen LogP contribution >= 0.6 is 0 Å². The van der Waals surface area contributed by atoms with Gasteiger partial charge in [0.1, 0.15) is 0 Å². The SMILES string of the molecule is CCCCC#Cc1cccc[c]1[Sn]([CH2]CCC)([CH2]CCC)[CH2]CCC. The van der Waals surface area contributed by atoms with Crippen molar-refractivity contribution in [1.82, 2.24) is 0 Å². The van der Waals surface area contributed by atoms with Crippen LogP contribution in [0.25, 0.3) is 0 Å². The zero-order valence-corrected chi connectivity index (χ0v) is 20.1. The summed E-state index contributed by atoms with van der Waals surface area (Å²) in [6.07, 6.45) is 11.8. The average Bonchev–Trinajstić information content (AvgIpc) is 2.65. The molecule has 1 rings (SSSR count). The predicted octanol–water partition coefficient (Wildman–Crippen LogP) is 7.28. The first kappa shape index (κ1) is 22.6. The average molecular weight is 447 g/mol. The molecule has 0 aliphatic carbocycles. The first-order valence-corrected chi connectivity index (χ1v) is 18.3. The van der Waals surface area contributed by atoms with Crippen molar-refractivity contribution in [3.8, 4) is 11.8 Å². The summed E-state index contributed by atoms with van der Waals surface area (Å²) in [7, 11) is 0. The predicted molar refractivity (Wildman–Crippen MR) is 117 cm³/mol. The van der Waals surface area contributed by atoms with Gasteiger partial charge in [-0.05, 0) is 0 Å². The van der Waals surface area contributed by atoms with E-state index in [4.69, 9.17) is 0 Å². The Balaban J connectivity index is 3.22. The molecule has 0 atom stereocenters. The third kappa shape index (κ3) is 7.77. The van der Waals surface area contributed by atoms with E-state index in [0.717, 1.165) is 6.42 Å². The van der Waals surface area contributed by atoms with Gasteiger partial charge in [-0.3, -0.25) is 0 Å². The number of rotatable bonds is 12. The van der Waals surface area contributed by atoms with Crippen molar-refractivity contribution in [3.63, 3.8) is 0 Å². The van der Waals surface area contributed by atoms with Crippen LogP contribution in [-0.4, -0.2) is 18.4 Å². The van der Waals surface area contributed by atoms with Crippen LogP contribution in [0.2, 0.25) is 13.3 Å². The fraction of sp³-hybridized carbons (Fsp3) is 0.667.